The van der Waals surface area contributed by atoms with Crippen LogP contribution < -0.4 is 11.1 Å². The number of amides is 1. The summed E-state index contributed by atoms with van der Waals surface area (Å²) in [5.74, 6) is 0.0108. The maximum atomic E-state index is 12.1. The van der Waals surface area contributed by atoms with Crippen LogP contribution in [0, 0.1) is 12.3 Å². The monoisotopic (exact) mass is 295 g/mol. The van der Waals surface area contributed by atoms with E-state index in [0.29, 0.717) is 18.1 Å². The second-order valence-corrected chi connectivity index (χ2v) is 6.42. The van der Waals surface area contributed by atoms with Crippen LogP contribution in [0.25, 0.3) is 0 Å². The van der Waals surface area contributed by atoms with Crippen molar-refractivity contribution < 1.29 is 4.79 Å². The fraction of sp³-hybridized carbons (Fsp3) is 0.533. The van der Waals surface area contributed by atoms with Gasteiger partial charge in [0.2, 0.25) is 5.91 Å². The third kappa shape index (κ3) is 3.72. The minimum atomic E-state index is 0.0108. The lowest BCUT2D eigenvalue weighted by Gasteiger charge is -2.22. The average Bonchev–Trinajstić information content (AvgIpc) is 2.75. The van der Waals surface area contributed by atoms with E-state index < -0.39 is 0 Å². The van der Waals surface area contributed by atoms with Gasteiger partial charge in [0.15, 0.2) is 0 Å². The molecule has 20 heavy (non-hydrogen) atoms. The molecule has 1 heterocycles. The molecular formula is C15H22ClN3O. The van der Waals surface area contributed by atoms with E-state index in [4.69, 9.17) is 17.3 Å². The smallest absolute Gasteiger partial charge is 0.238 e. The third-order valence-electron chi connectivity index (χ3n) is 3.96. The zero-order chi connectivity index (χ0) is 14.8. The number of rotatable bonds is 4. The van der Waals surface area contributed by atoms with Crippen LogP contribution in [-0.4, -0.2) is 37.0 Å². The van der Waals surface area contributed by atoms with Gasteiger partial charge in [0.25, 0.3) is 0 Å². The molecule has 0 bridgehead atoms. The first-order valence-electron chi connectivity index (χ1n) is 6.90. The Bertz CT molecular complexity index is 506. The van der Waals surface area contributed by atoms with Crippen molar-refractivity contribution in [3.05, 3.63) is 28.8 Å². The van der Waals surface area contributed by atoms with Crippen LogP contribution in [0.4, 0.5) is 5.69 Å². The van der Waals surface area contributed by atoms with Crippen molar-refractivity contribution in [3.8, 4) is 0 Å². The van der Waals surface area contributed by atoms with Crippen LogP contribution in [-0.2, 0) is 4.79 Å². The molecule has 0 radical (unpaired) electrons. The molecule has 1 saturated heterocycles. The summed E-state index contributed by atoms with van der Waals surface area (Å²) < 4.78 is 0. The molecule has 0 aromatic heterocycles. The van der Waals surface area contributed by atoms with Gasteiger partial charge in [-0.25, -0.2) is 0 Å². The van der Waals surface area contributed by atoms with E-state index in [-0.39, 0.29) is 11.3 Å². The lowest BCUT2D eigenvalue weighted by atomic mass is 9.90. The van der Waals surface area contributed by atoms with Crippen molar-refractivity contribution in [1.82, 2.24) is 4.90 Å². The summed E-state index contributed by atoms with van der Waals surface area (Å²) in [5.41, 5.74) is 7.72. The Hall–Kier alpha value is -1.10. The molecule has 0 spiro atoms. The fourth-order valence-corrected chi connectivity index (χ4v) is 2.81. The first-order chi connectivity index (χ1) is 9.42. The molecule has 1 atom stereocenters. The van der Waals surface area contributed by atoms with Crippen LogP contribution in [0.3, 0.4) is 0 Å². The highest BCUT2D eigenvalue weighted by molar-refractivity contribution is 6.30. The molecule has 1 fully saturated rings. The second-order valence-electron chi connectivity index (χ2n) is 5.98. The minimum Gasteiger partial charge on any atom is -0.330 e. The molecular weight excluding hydrogens is 274 g/mol. The number of nitrogens with zero attached hydrogens (tertiary/aromatic N) is 1. The number of benzene rings is 1. The highest BCUT2D eigenvalue weighted by Gasteiger charge is 2.33. The van der Waals surface area contributed by atoms with Gasteiger partial charge in [0, 0.05) is 17.3 Å². The van der Waals surface area contributed by atoms with E-state index in [9.17, 15) is 4.79 Å². The van der Waals surface area contributed by atoms with Crippen molar-refractivity contribution in [3.63, 3.8) is 0 Å². The van der Waals surface area contributed by atoms with Gasteiger partial charge < -0.3 is 11.1 Å². The summed E-state index contributed by atoms with van der Waals surface area (Å²) in [6, 6.07) is 5.47. The predicted octanol–water partition coefficient (Wildman–Crippen LogP) is 2.26. The molecule has 1 amide bonds. The Morgan fingerprint density at radius 3 is 2.90 bits per heavy atom. The number of likely N-dealkylation sites (tertiary alicyclic amines) is 1. The standard InChI is InChI=1S/C15H22ClN3O/c1-11-7-12(16)3-4-13(11)18-14(20)8-19-6-5-15(2,9-17)10-19/h3-4,7H,5-6,8-10,17H2,1-2H3,(H,18,20). The van der Waals surface area contributed by atoms with E-state index in [1.165, 1.54) is 0 Å². The summed E-state index contributed by atoms with van der Waals surface area (Å²) in [6.07, 6.45) is 1.05. The van der Waals surface area contributed by atoms with Crippen LogP contribution in [0.5, 0.6) is 0 Å². The lowest BCUT2D eigenvalue weighted by molar-refractivity contribution is -0.117. The molecule has 4 nitrogen and oxygen atoms in total. The quantitative estimate of drug-likeness (QED) is 0.896. The Morgan fingerprint density at radius 2 is 2.30 bits per heavy atom. The second kappa shape index (κ2) is 6.12. The van der Waals surface area contributed by atoms with E-state index in [0.717, 1.165) is 30.8 Å². The molecule has 1 aliphatic rings. The van der Waals surface area contributed by atoms with Crippen LogP contribution >= 0.6 is 11.6 Å². The number of carbonyl (C=O) groups is 1. The maximum Gasteiger partial charge on any atom is 0.238 e. The van der Waals surface area contributed by atoms with Gasteiger partial charge in [-0.3, -0.25) is 9.69 Å². The predicted molar refractivity (Wildman–Crippen MR) is 83.0 cm³/mol. The van der Waals surface area contributed by atoms with Gasteiger partial charge >= 0.3 is 0 Å². The number of nitrogens with two attached hydrogens (primary N) is 1. The highest BCUT2D eigenvalue weighted by atomic mass is 35.5. The minimum absolute atomic E-state index is 0.0108. The van der Waals surface area contributed by atoms with Gasteiger partial charge in [0.1, 0.15) is 0 Å². The third-order valence-corrected chi connectivity index (χ3v) is 4.19. The largest absolute Gasteiger partial charge is 0.330 e. The zero-order valence-electron chi connectivity index (χ0n) is 12.1. The van der Waals surface area contributed by atoms with Gasteiger partial charge in [-0.2, -0.15) is 0 Å². The Balaban J connectivity index is 1.90. The van der Waals surface area contributed by atoms with Crippen molar-refractivity contribution in [2.45, 2.75) is 20.3 Å². The van der Waals surface area contributed by atoms with E-state index in [1.54, 1.807) is 6.07 Å². The molecule has 1 aliphatic heterocycles. The number of aryl methyl sites for hydroxylation is 1. The number of anilines is 1. The first-order valence-corrected chi connectivity index (χ1v) is 7.28. The number of carbonyl (C=O) groups excluding carboxylic acids is 1. The van der Waals surface area contributed by atoms with Gasteiger partial charge in [-0.15, -0.1) is 0 Å². The van der Waals surface area contributed by atoms with Gasteiger partial charge in [-0.1, -0.05) is 18.5 Å². The van der Waals surface area contributed by atoms with Crippen molar-refractivity contribution in [2.75, 3.05) is 31.5 Å². The Morgan fingerprint density at radius 1 is 1.55 bits per heavy atom. The number of halogens is 1. The van der Waals surface area contributed by atoms with E-state index >= 15 is 0 Å². The molecule has 1 aromatic rings. The van der Waals surface area contributed by atoms with Gasteiger partial charge in [0.05, 0.1) is 6.54 Å². The lowest BCUT2D eigenvalue weighted by Crippen LogP contribution is -2.35. The molecule has 1 unspecified atom stereocenters. The first kappa shape index (κ1) is 15.3. The molecule has 5 heteroatoms. The SMILES string of the molecule is Cc1cc(Cl)ccc1NC(=O)CN1CCC(C)(CN)C1. The van der Waals surface area contributed by atoms with Crippen LogP contribution in [0.15, 0.2) is 18.2 Å². The molecule has 0 saturated carbocycles. The van der Waals surface area contributed by atoms with Crippen molar-refractivity contribution in [1.29, 1.82) is 0 Å². The summed E-state index contributed by atoms with van der Waals surface area (Å²) in [6.45, 7) is 7.01. The highest BCUT2D eigenvalue weighted by Crippen LogP contribution is 2.28. The van der Waals surface area contributed by atoms with E-state index in [1.807, 2.05) is 19.1 Å². The summed E-state index contributed by atoms with van der Waals surface area (Å²) >= 11 is 5.91. The van der Waals surface area contributed by atoms with Crippen molar-refractivity contribution in [2.24, 2.45) is 11.1 Å². The molecule has 1 aromatic carbocycles. The Labute approximate surface area is 125 Å². The van der Waals surface area contributed by atoms with Crippen LogP contribution in [0.2, 0.25) is 5.02 Å². The van der Waals surface area contributed by atoms with Gasteiger partial charge in [-0.05, 0) is 55.6 Å². The summed E-state index contributed by atoms with van der Waals surface area (Å²) in [7, 11) is 0. The maximum absolute atomic E-state index is 12.1. The summed E-state index contributed by atoms with van der Waals surface area (Å²) in [4.78, 5) is 14.2. The Kier molecular flexibility index (Phi) is 4.68. The average molecular weight is 296 g/mol. The number of hydrogen-bond acceptors (Lipinski definition) is 3. The molecule has 0 aliphatic carbocycles. The fourth-order valence-electron chi connectivity index (χ4n) is 2.59. The molecule has 110 valence electrons. The van der Waals surface area contributed by atoms with Crippen molar-refractivity contribution >= 4 is 23.2 Å². The number of nitrogens with one attached hydrogen (secondary N) is 1. The van der Waals surface area contributed by atoms with Crippen LogP contribution in [0.1, 0.15) is 18.9 Å². The zero-order valence-corrected chi connectivity index (χ0v) is 12.8. The van der Waals surface area contributed by atoms with E-state index in [2.05, 4.69) is 17.1 Å². The normalized spacial score (nSPS) is 23.0. The summed E-state index contributed by atoms with van der Waals surface area (Å²) in [5, 5.41) is 3.62. The topological polar surface area (TPSA) is 58.4 Å². The molecule has 3 N–H and O–H groups in total. The number of hydrogen-bond donors (Lipinski definition) is 2. The molecule has 2 rings (SSSR count).